The summed E-state index contributed by atoms with van der Waals surface area (Å²) in [6.45, 7) is 7.71. The molecule has 31 heavy (non-hydrogen) atoms. The summed E-state index contributed by atoms with van der Waals surface area (Å²) in [5.74, 6) is -0.391. The topological polar surface area (TPSA) is 98.8 Å². The van der Waals surface area contributed by atoms with Crippen LogP contribution in [-0.2, 0) is 14.3 Å². The van der Waals surface area contributed by atoms with Crippen LogP contribution in [0.2, 0.25) is 0 Å². The molecular weight excluding hydrogens is 487 g/mol. The van der Waals surface area contributed by atoms with Crippen molar-refractivity contribution < 1.29 is 18.7 Å². The van der Waals surface area contributed by atoms with Gasteiger partial charge in [-0.15, -0.1) is 11.3 Å². The number of amidine groups is 1. The molecule has 0 spiro atoms. The molecular formula is C21H26BrFN4O3S. The molecule has 7 nitrogen and oxygen atoms in total. The van der Waals surface area contributed by atoms with Gasteiger partial charge in [-0.05, 0) is 38.5 Å². The van der Waals surface area contributed by atoms with Crippen molar-refractivity contribution in [3.8, 4) is 0 Å². The number of hydrogen-bond acceptors (Lipinski definition) is 8. The predicted molar refractivity (Wildman–Crippen MR) is 124 cm³/mol. The van der Waals surface area contributed by atoms with Gasteiger partial charge in [-0.25, -0.2) is 14.2 Å². The Kier molecular flexibility index (Phi) is 10.3. The number of halogens is 2. The molecule has 0 bridgehead atoms. The number of carbonyl (C=O) groups excluding carboxylic acids is 1. The molecule has 1 atom stereocenters. The number of aliphatic imine (C=N–C) groups is 1. The summed E-state index contributed by atoms with van der Waals surface area (Å²) in [6, 6.07) is 3.56. The maximum atomic E-state index is 13.5. The van der Waals surface area contributed by atoms with E-state index in [4.69, 9.17) is 15.2 Å². The number of aromatic nitrogens is 1. The van der Waals surface area contributed by atoms with Crippen LogP contribution < -0.4 is 11.1 Å². The second-order valence-electron chi connectivity index (χ2n) is 6.11. The van der Waals surface area contributed by atoms with Crippen LogP contribution in [-0.4, -0.2) is 43.2 Å². The zero-order chi connectivity index (χ0) is 22.8. The maximum absolute atomic E-state index is 13.5. The number of ether oxygens (including phenoxy) is 2. The van der Waals surface area contributed by atoms with Gasteiger partial charge in [0.2, 0.25) is 0 Å². The van der Waals surface area contributed by atoms with Gasteiger partial charge < -0.3 is 20.5 Å². The fourth-order valence-corrected chi connectivity index (χ4v) is 3.96. The molecule has 1 aliphatic heterocycles. The molecule has 0 saturated heterocycles. The molecule has 0 fully saturated rings. The summed E-state index contributed by atoms with van der Waals surface area (Å²) in [4.78, 5) is 21.5. The Labute approximate surface area is 193 Å². The normalized spacial score (nSPS) is 15.5. The average molecular weight is 513 g/mol. The highest BCUT2D eigenvalue weighted by atomic mass is 79.9. The third-order valence-electron chi connectivity index (χ3n) is 4.13. The minimum Gasteiger partial charge on any atom is -0.463 e. The van der Waals surface area contributed by atoms with Crippen LogP contribution in [0.5, 0.6) is 0 Å². The number of hydrogen-bond donors (Lipinski definition) is 2. The maximum Gasteiger partial charge on any atom is 0.338 e. The van der Waals surface area contributed by atoms with E-state index in [1.54, 1.807) is 19.2 Å². The molecule has 1 aliphatic rings. The smallest absolute Gasteiger partial charge is 0.338 e. The lowest BCUT2D eigenvalue weighted by atomic mass is 9.95. The van der Waals surface area contributed by atoms with Crippen LogP contribution in [0.15, 0.2) is 50.5 Å². The Morgan fingerprint density at radius 3 is 2.55 bits per heavy atom. The number of thiazole rings is 1. The van der Waals surface area contributed by atoms with Crippen LogP contribution in [0.1, 0.15) is 37.4 Å². The SMILES string of the molecule is CCOC(=O)C1=C(CN)NC(c2nccs2)=N[C@H]1c1ccc(F)cc1Br.CCOCC. The highest BCUT2D eigenvalue weighted by Crippen LogP contribution is 2.36. The molecule has 168 valence electrons. The number of benzene rings is 1. The van der Waals surface area contributed by atoms with Crippen molar-refractivity contribution in [2.45, 2.75) is 26.8 Å². The van der Waals surface area contributed by atoms with Crippen molar-refractivity contribution in [2.75, 3.05) is 26.4 Å². The summed E-state index contributed by atoms with van der Waals surface area (Å²) in [5.41, 5.74) is 7.32. The molecule has 0 saturated carbocycles. The van der Waals surface area contributed by atoms with Crippen molar-refractivity contribution in [2.24, 2.45) is 10.7 Å². The van der Waals surface area contributed by atoms with E-state index in [2.05, 4.69) is 31.2 Å². The van der Waals surface area contributed by atoms with E-state index < -0.39 is 12.0 Å². The van der Waals surface area contributed by atoms with Gasteiger partial charge in [0.05, 0.1) is 12.2 Å². The monoisotopic (exact) mass is 512 g/mol. The van der Waals surface area contributed by atoms with Gasteiger partial charge in [-0.3, -0.25) is 4.99 Å². The number of rotatable bonds is 7. The van der Waals surface area contributed by atoms with E-state index in [9.17, 15) is 9.18 Å². The molecule has 1 aromatic heterocycles. The standard InChI is InChI=1S/C17H16BrFN4O2S.C4H10O/c1-2-25-17(24)13-12(8-20)22-15(16-21-5-6-26-16)23-14(13)10-4-3-9(19)7-11(10)18;1-3-5-4-2/h3-7,14H,2,8,20H2,1H3,(H,22,23);3-4H2,1-2H3/t14-;/m0./s1. The van der Waals surface area contributed by atoms with Gasteiger partial charge in [-0.1, -0.05) is 22.0 Å². The van der Waals surface area contributed by atoms with E-state index in [0.29, 0.717) is 32.1 Å². The summed E-state index contributed by atoms with van der Waals surface area (Å²) in [5, 5.41) is 5.58. The van der Waals surface area contributed by atoms with E-state index in [1.807, 2.05) is 19.2 Å². The lowest BCUT2D eigenvalue weighted by Gasteiger charge is -2.27. The van der Waals surface area contributed by atoms with Gasteiger partial charge in [0, 0.05) is 41.5 Å². The number of carbonyl (C=O) groups is 1. The summed E-state index contributed by atoms with van der Waals surface area (Å²) < 4.78 is 24.1. The van der Waals surface area contributed by atoms with Gasteiger partial charge in [-0.2, -0.15) is 0 Å². The molecule has 0 aliphatic carbocycles. The second-order valence-corrected chi connectivity index (χ2v) is 7.86. The summed E-state index contributed by atoms with van der Waals surface area (Å²) in [7, 11) is 0. The Hall–Kier alpha value is -2.14. The number of nitrogens with two attached hydrogens (primary N) is 1. The fourth-order valence-electron chi connectivity index (χ4n) is 2.81. The minimum absolute atomic E-state index is 0.0911. The molecule has 0 unspecified atom stereocenters. The third-order valence-corrected chi connectivity index (χ3v) is 5.59. The first kappa shape index (κ1) is 25.1. The molecule has 0 amide bonds. The lowest BCUT2D eigenvalue weighted by molar-refractivity contribution is -0.138. The van der Waals surface area contributed by atoms with Gasteiger partial charge in [0.15, 0.2) is 10.8 Å². The fraction of sp³-hybridized carbons (Fsp3) is 0.381. The van der Waals surface area contributed by atoms with Crippen molar-refractivity contribution in [1.82, 2.24) is 10.3 Å². The van der Waals surface area contributed by atoms with E-state index >= 15 is 0 Å². The molecule has 2 aromatic rings. The molecule has 3 N–H and O–H groups in total. The Morgan fingerprint density at radius 1 is 1.29 bits per heavy atom. The van der Waals surface area contributed by atoms with Crippen LogP contribution in [0.25, 0.3) is 0 Å². The molecule has 2 heterocycles. The highest BCUT2D eigenvalue weighted by molar-refractivity contribution is 9.10. The van der Waals surface area contributed by atoms with E-state index in [0.717, 1.165) is 13.2 Å². The van der Waals surface area contributed by atoms with Crippen LogP contribution >= 0.6 is 27.3 Å². The Morgan fingerprint density at radius 2 is 2.03 bits per heavy atom. The quantitative estimate of drug-likeness (QED) is 0.544. The van der Waals surface area contributed by atoms with Gasteiger partial charge in [0.1, 0.15) is 11.9 Å². The second kappa shape index (κ2) is 12.7. The number of nitrogens with one attached hydrogen (secondary N) is 1. The average Bonchev–Trinajstić information content (AvgIpc) is 3.29. The summed E-state index contributed by atoms with van der Waals surface area (Å²) in [6.07, 6.45) is 1.67. The zero-order valence-corrected chi connectivity index (χ0v) is 20.1. The van der Waals surface area contributed by atoms with Crippen LogP contribution in [0.4, 0.5) is 4.39 Å². The Bertz CT molecular complexity index is 933. The van der Waals surface area contributed by atoms with Crippen LogP contribution in [0.3, 0.4) is 0 Å². The number of nitrogens with zero attached hydrogens (tertiary/aromatic N) is 2. The first-order chi connectivity index (χ1) is 15.0. The van der Waals surface area contributed by atoms with E-state index in [-0.39, 0.29) is 19.0 Å². The predicted octanol–water partition coefficient (Wildman–Crippen LogP) is 3.95. The zero-order valence-electron chi connectivity index (χ0n) is 17.7. The molecule has 10 heteroatoms. The van der Waals surface area contributed by atoms with Gasteiger partial charge in [0.25, 0.3) is 0 Å². The largest absolute Gasteiger partial charge is 0.463 e. The minimum atomic E-state index is -0.692. The first-order valence-electron chi connectivity index (χ1n) is 9.84. The van der Waals surface area contributed by atoms with Gasteiger partial charge >= 0.3 is 5.97 Å². The third kappa shape index (κ3) is 6.67. The summed E-state index contributed by atoms with van der Waals surface area (Å²) >= 11 is 4.77. The first-order valence-corrected chi connectivity index (χ1v) is 11.5. The Balaban J connectivity index is 0.000000614. The highest BCUT2D eigenvalue weighted by Gasteiger charge is 2.33. The molecule has 0 radical (unpaired) electrons. The molecule has 1 aromatic carbocycles. The van der Waals surface area contributed by atoms with Crippen molar-refractivity contribution in [1.29, 1.82) is 0 Å². The van der Waals surface area contributed by atoms with Crippen molar-refractivity contribution >= 4 is 39.1 Å². The van der Waals surface area contributed by atoms with E-state index in [1.165, 1.54) is 23.5 Å². The lowest BCUT2D eigenvalue weighted by Crippen LogP contribution is -2.36. The van der Waals surface area contributed by atoms with Crippen molar-refractivity contribution in [3.05, 3.63) is 61.9 Å². The molecule has 3 rings (SSSR count). The number of esters is 1. The van der Waals surface area contributed by atoms with Crippen LogP contribution in [0, 0.1) is 5.82 Å². The van der Waals surface area contributed by atoms with Crippen molar-refractivity contribution in [3.63, 3.8) is 0 Å².